The molecule has 0 saturated heterocycles. The van der Waals surface area contributed by atoms with Gasteiger partial charge in [-0.25, -0.2) is 0 Å². The second-order valence-electron chi connectivity index (χ2n) is 13.3. The second-order valence-corrected chi connectivity index (χ2v) is 17.6. The Labute approximate surface area is 274 Å². The van der Waals surface area contributed by atoms with Crippen molar-refractivity contribution in [3.05, 3.63) is 158 Å². The van der Waals surface area contributed by atoms with E-state index in [4.69, 9.17) is 0 Å². The molecule has 0 fully saturated rings. The molecule has 1 aliphatic heterocycles. The van der Waals surface area contributed by atoms with Crippen molar-refractivity contribution in [2.45, 2.75) is 13.1 Å². The van der Waals surface area contributed by atoms with E-state index in [1.165, 1.54) is 87.6 Å². The summed E-state index contributed by atoms with van der Waals surface area (Å²) in [6, 6.07) is 58.3. The molecule has 0 radical (unpaired) electrons. The van der Waals surface area contributed by atoms with Crippen molar-refractivity contribution < 1.29 is 0 Å². The van der Waals surface area contributed by atoms with E-state index in [-0.39, 0.29) is 0 Å². The third-order valence-corrected chi connectivity index (χ3v) is 14.0. The smallest absolute Gasteiger partial charge is 0.114 e. The minimum absolute atomic E-state index is 1.19. The molecule has 10 rings (SSSR count). The predicted octanol–water partition coefficient (Wildman–Crippen LogP) is 10.4. The highest BCUT2D eigenvalue weighted by molar-refractivity contribution is 7.05. The van der Waals surface area contributed by atoms with Crippen molar-refractivity contribution >= 4 is 62.1 Å². The van der Waals surface area contributed by atoms with Crippen molar-refractivity contribution in [3.8, 4) is 33.6 Å². The minimum atomic E-state index is -2.09. The van der Waals surface area contributed by atoms with Gasteiger partial charge in [-0.3, -0.25) is 0 Å². The number of fused-ring (bicyclic) bond motifs is 10. The van der Waals surface area contributed by atoms with Gasteiger partial charge in [0.05, 0.1) is 22.1 Å². The van der Waals surface area contributed by atoms with Crippen LogP contribution in [0.3, 0.4) is 0 Å². The molecule has 3 heteroatoms. The summed E-state index contributed by atoms with van der Waals surface area (Å²) < 4.78 is 4.92. The molecule has 47 heavy (non-hydrogen) atoms. The first-order valence-electron chi connectivity index (χ1n) is 16.5. The summed E-state index contributed by atoms with van der Waals surface area (Å²) in [4.78, 5) is 0. The lowest BCUT2D eigenvalue weighted by atomic mass is 9.94. The molecule has 222 valence electrons. The first kappa shape index (κ1) is 26.6. The maximum absolute atomic E-state index is 2.54. The number of aromatic nitrogens is 2. The zero-order valence-electron chi connectivity index (χ0n) is 26.4. The molecule has 0 amide bonds. The monoisotopic (exact) mass is 616 g/mol. The van der Waals surface area contributed by atoms with E-state index >= 15 is 0 Å². The summed E-state index contributed by atoms with van der Waals surface area (Å²) >= 11 is 0. The lowest BCUT2D eigenvalue weighted by molar-refractivity contribution is 1.18. The highest BCUT2D eigenvalue weighted by atomic mass is 28.3. The van der Waals surface area contributed by atoms with Crippen LogP contribution >= 0.6 is 0 Å². The summed E-state index contributed by atoms with van der Waals surface area (Å²) in [5.41, 5.74) is 12.9. The number of benzene rings is 7. The van der Waals surface area contributed by atoms with Crippen molar-refractivity contribution in [1.29, 1.82) is 0 Å². The van der Waals surface area contributed by atoms with Crippen LogP contribution in [0.25, 0.3) is 77.2 Å². The van der Waals surface area contributed by atoms with E-state index in [1.807, 2.05) is 0 Å². The maximum atomic E-state index is 2.54. The number of hydrogen-bond donors (Lipinski definition) is 0. The van der Waals surface area contributed by atoms with Gasteiger partial charge in [0.2, 0.25) is 0 Å². The summed E-state index contributed by atoms with van der Waals surface area (Å²) in [5, 5.41) is 8.24. The molecule has 9 aromatic rings. The van der Waals surface area contributed by atoms with Crippen LogP contribution in [0.4, 0.5) is 0 Å². The lowest BCUT2D eigenvalue weighted by Gasteiger charge is -2.23. The van der Waals surface area contributed by atoms with Crippen LogP contribution in [0.1, 0.15) is 0 Å². The number of hydrogen-bond acceptors (Lipinski definition) is 0. The number of nitrogens with zero attached hydrogens (tertiary/aromatic N) is 2. The van der Waals surface area contributed by atoms with Crippen LogP contribution < -0.4 is 10.4 Å². The van der Waals surface area contributed by atoms with Crippen LogP contribution in [0.5, 0.6) is 0 Å². The van der Waals surface area contributed by atoms with Gasteiger partial charge in [-0.05, 0) is 81.7 Å². The maximum Gasteiger partial charge on any atom is 0.114 e. The Morgan fingerprint density at radius 1 is 0.426 bits per heavy atom. The van der Waals surface area contributed by atoms with E-state index in [0.29, 0.717) is 0 Å². The molecule has 0 aliphatic carbocycles. The van der Waals surface area contributed by atoms with Gasteiger partial charge in [0.15, 0.2) is 0 Å². The average molecular weight is 617 g/mol. The second kappa shape index (κ2) is 9.68. The third-order valence-electron chi connectivity index (χ3n) is 10.5. The molecule has 3 heterocycles. The summed E-state index contributed by atoms with van der Waals surface area (Å²) in [6.07, 6.45) is 0. The zero-order valence-corrected chi connectivity index (χ0v) is 27.4. The average Bonchev–Trinajstić information content (AvgIpc) is 3.72. The van der Waals surface area contributed by atoms with Gasteiger partial charge in [0.1, 0.15) is 8.07 Å². The molecule has 2 nitrogen and oxygen atoms in total. The van der Waals surface area contributed by atoms with E-state index in [2.05, 4.69) is 180 Å². The highest BCUT2D eigenvalue weighted by Crippen LogP contribution is 2.44. The number of para-hydroxylation sites is 4. The van der Waals surface area contributed by atoms with Crippen molar-refractivity contribution in [2.24, 2.45) is 0 Å². The first-order valence-corrected chi connectivity index (χ1v) is 19.5. The number of rotatable bonds is 3. The molecule has 0 saturated carbocycles. The minimum Gasteiger partial charge on any atom is -0.309 e. The van der Waals surface area contributed by atoms with Gasteiger partial charge in [0.25, 0.3) is 0 Å². The van der Waals surface area contributed by atoms with Crippen LogP contribution in [-0.2, 0) is 0 Å². The fourth-order valence-electron chi connectivity index (χ4n) is 8.49. The summed E-state index contributed by atoms with van der Waals surface area (Å²) in [5.74, 6) is 0. The fraction of sp³-hybridized carbons (Fsp3) is 0.0455. The normalized spacial score (nSPS) is 13.5. The van der Waals surface area contributed by atoms with Crippen LogP contribution in [0, 0.1) is 0 Å². The van der Waals surface area contributed by atoms with Crippen LogP contribution in [0.2, 0.25) is 13.1 Å². The van der Waals surface area contributed by atoms with Crippen molar-refractivity contribution in [1.82, 2.24) is 9.13 Å². The molecule has 0 unspecified atom stereocenters. The van der Waals surface area contributed by atoms with Crippen LogP contribution in [-0.4, -0.2) is 17.2 Å². The van der Waals surface area contributed by atoms with Gasteiger partial charge in [-0.1, -0.05) is 116 Å². The molecular weight excluding hydrogens is 585 g/mol. The third kappa shape index (κ3) is 3.60. The topological polar surface area (TPSA) is 9.86 Å². The predicted molar refractivity (Wildman–Crippen MR) is 203 cm³/mol. The van der Waals surface area contributed by atoms with Gasteiger partial charge in [-0.15, -0.1) is 0 Å². The van der Waals surface area contributed by atoms with Gasteiger partial charge in [-0.2, -0.15) is 0 Å². The quantitative estimate of drug-likeness (QED) is 0.175. The zero-order chi connectivity index (χ0) is 31.3. The standard InChI is InChI=1S/C44H32N2Si/c1-47(2)41-24-14-11-21-34(41)42-43-37(33-20-10-13-23-39(33)46(43)31-17-7-4-8-18-31)28-35(44(42)47)29-25-26-40-36(27-29)32-19-9-12-22-38(32)45(40)30-15-5-3-6-16-30/h3-28H,1-2H3. The Morgan fingerprint density at radius 2 is 0.979 bits per heavy atom. The molecule has 0 N–H and O–H groups in total. The molecule has 2 aromatic heterocycles. The van der Waals surface area contributed by atoms with Crippen molar-refractivity contribution in [2.75, 3.05) is 0 Å². The molecular formula is C44H32N2Si. The lowest BCUT2D eigenvalue weighted by Crippen LogP contribution is -2.50. The Hall–Kier alpha value is -5.64. The fourth-order valence-corrected chi connectivity index (χ4v) is 11.9. The van der Waals surface area contributed by atoms with Gasteiger partial charge in [0, 0.05) is 38.5 Å². The van der Waals surface area contributed by atoms with Gasteiger partial charge >= 0.3 is 0 Å². The summed E-state index contributed by atoms with van der Waals surface area (Å²) in [6.45, 7) is 5.09. The van der Waals surface area contributed by atoms with E-state index < -0.39 is 8.07 Å². The Balaban J connectivity index is 1.35. The molecule has 1 aliphatic rings. The molecule has 7 aromatic carbocycles. The van der Waals surface area contributed by atoms with E-state index in [9.17, 15) is 0 Å². The molecule has 0 spiro atoms. The van der Waals surface area contributed by atoms with E-state index in [1.54, 1.807) is 0 Å². The van der Waals surface area contributed by atoms with Gasteiger partial charge < -0.3 is 9.13 Å². The first-order chi connectivity index (χ1) is 23.1. The van der Waals surface area contributed by atoms with E-state index in [0.717, 1.165) is 0 Å². The summed E-state index contributed by atoms with van der Waals surface area (Å²) in [7, 11) is -2.09. The Bertz CT molecular complexity index is 2690. The molecule has 0 bridgehead atoms. The largest absolute Gasteiger partial charge is 0.309 e. The Morgan fingerprint density at radius 3 is 1.70 bits per heavy atom. The Kier molecular flexibility index (Phi) is 5.47. The SMILES string of the molecule is C[Si]1(C)c2ccccc2-c2c1c(-c1ccc3c(c1)c1ccccc1n3-c1ccccc1)cc1c3ccccc3n(-c3ccccc3)c21. The highest BCUT2D eigenvalue weighted by Gasteiger charge is 2.41. The van der Waals surface area contributed by atoms with Crippen molar-refractivity contribution in [3.63, 3.8) is 0 Å². The molecule has 0 atom stereocenters. The van der Waals surface area contributed by atoms with Crippen LogP contribution in [0.15, 0.2) is 158 Å².